The lowest BCUT2D eigenvalue weighted by molar-refractivity contribution is -0.120. The van der Waals surface area contributed by atoms with Gasteiger partial charge in [-0.2, -0.15) is 9.57 Å². The van der Waals surface area contributed by atoms with Gasteiger partial charge < -0.3 is 5.32 Å². The number of rotatable bonds is 4. The van der Waals surface area contributed by atoms with Gasteiger partial charge in [-0.3, -0.25) is 4.79 Å². The zero-order chi connectivity index (χ0) is 20.6. The number of hydrogen-bond donors (Lipinski definition) is 1. The van der Waals surface area contributed by atoms with Gasteiger partial charge in [-0.25, -0.2) is 8.42 Å². The van der Waals surface area contributed by atoms with Crippen molar-refractivity contribution in [2.24, 2.45) is 5.92 Å². The van der Waals surface area contributed by atoms with Gasteiger partial charge in [0.1, 0.15) is 11.1 Å². The fourth-order valence-electron chi connectivity index (χ4n) is 3.94. The molecule has 1 aliphatic carbocycles. The molecular weight excluding hydrogens is 430 g/mol. The van der Waals surface area contributed by atoms with Crippen LogP contribution in [0.15, 0.2) is 29.2 Å². The highest BCUT2D eigenvalue weighted by molar-refractivity contribution is 7.89. The van der Waals surface area contributed by atoms with Crippen molar-refractivity contribution in [2.75, 3.05) is 18.4 Å². The van der Waals surface area contributed by atoms with Crippen LogP contribution in [0.2, 0.25) is 5.02 Å². The lowest BCUT2D eigenvalue weighted by atomic mass is 9.97. The molecular formula is C20H20ClN3O3S2. The lowest BCUT2D eigenvalue weighted by Gasteiger charge is -2.30. The zero-order valence-electron chi connectivity index (χ0n) is 15.7. The van der Waals surface area contributed by atoms with E-state index in [1.807, 2.05) is 0 Å². The van der Waals surface area contributed by atoms with Crippen LogP contribution in [0.5, 0.6) is 0 Å². The summed E-state index contributed by atoms with van der Waals surface area (Å²) in [5.41, 5.74) is 1.68. The molecule has 2 heterocycles. The number of amides is 1. The van der Waals surface area contributed by atoms with Crippen molar-refractivity contribution in [3.63, 3.8) is 0 Å². The number of piperidine rings is 1. The third-order valence-electron chi connectivity index (χ3n) is 5.55. The number of nitrogens with zero attached hydrogens (tertiary/aromatic N) is 2. The fourth-order valence-corrected chi connectivity index (χ4v) is 6.78. The average molecular weight is 450 g/mol. The molecule has 1 saturated heterocycles. The van der Waals surface area contributed by atoms with Crippen molar-refractivity contribution < 1.29 is 13.2 Å². The molecule has 0 spiro atoms. The molecule has 0 radical (unpaired) electrons. The number of fused-ring (bicyclic) bond motifs is 1. The van der Waals surface area contributed by atoms with Crippen LogP contribution < -0.4 is 5.32 Å². The molecule has 1 aromatic heterocycles. The average Bonchev–Trinajstić information content (AvgIpc) is 3.29. The summed E-state index contributed by atoms with van der Waals surface area (Å²) in [6.07, 6.45) is 3.82. The van der Waals surface area contributed by atoms with Crippen molar-refractivity contribution >= 4 is 43.9 Å². The maximum absolute atomic E-state index is 12.8. The van der Waals surface area contributed by atoms with Crippen LogP contribution in [-0.4, -0.2) is 31.7 Å². The summed E-state index contributed by atoms with van der Waals surface area (Å²) in [5.74, 6) is -0.403. The summed E-state index contributed by atoms with van der Waals surface area (Å²) < 4.78 is 27.0. The Hall–Kier alpha value is -1.92. The van der Waals surface area contributed by atoms with Crippen LogP contribution >= 0.6 is 22.9 Å². The molecule has 0 unspecified atom stereocenters. The summed E-state index contributed by atoms with van der Waals surface area (Å²) in [6.45, 7) is 0.574. The van der Waals surface area contributed by atoms with E-state index in [-0.39, 0.29) is 29.8 Å². The van der Waals surface area contributed by atoms with Crippen molar-refractivity contribution in [1.29, 1.82) is 5.26 Å². The van der Waals surface area contributed by atoms with E-state index >= 15 is 0 Å². The Balaban J connectivity index is 1.40. The van der Waals surface area contributed by atoms with Gasteiger partial charge in [0.2, 0.25) is 15.9 Å². The number of aryl methyl sites for hydroxylation is 1. The highest BCUT2D eigenvalue weighted by Gasteiger charge is 2.33. The molecule has 6 nitrogen and oxygen atoms in total. The van der Waals surface area contributed by atoms with Gasteiger partial charge in [-0.05, 0) is 61.9 Å². The molecule has 0 saturated carbocycles. The molecule has 9 heteroatoms. The molecule has 2 aliphatic rings. The molecule has 1 aliphatic heterocycles. The maximum atomic E-state index is 12.8. The minimum absolute atomic E-state index is 0.134. The minimum Gasteiger partial charge on any atom is -0.316 e. The second kappa shape index (κ2) is 8.07. The first kappa shape index (κ1) is 20.4. The van der Waals surface area contributed by atoms with Crippen LogP contribution in [-0.2, 0) is 27.7 Å². The van der Waals surface area contributed by atoms with E-state index in [0.29, 0.717) is 28.4 Å². The summed E-state index contributed by atoms with van der Waals surface area (Å²) in [7, 11) is -3.59. The number of hydrogen-bond acceptors (Lipinski definition) is 5. The first-order valence-electron chi connectivity index (χ1n) is 9.51. The molecule has 29 heavy (non-hydrogen) atoms. The Bertz CT molecular complexity index is 1080. The van der Waals surface area contributed by atoms with Crippen LogP contribution in [0.25, 0.3) is 0 Å². The predicted molar refractivity (Wildman–Crippen MR) is 113 cm³/mol. The normalized spacial score (nSPS) is 17.7. The fraction of sp³-hybridized carbons (Fsp3) is 0.400. The second-order valence-corrected chi connectivity index (χ2v) is 10.8. The molecule has 152 valence electrons. The van der Waals surface area contributed by atoms with Gasteiger partial charge in [-0.1, -0.05) is 11.6 Å². The molecule has 1 amide bonds. The number of carbonyl (C=O) groups is 1. The number of thiophene rings is 1. The summed E-state index contributed by atoms with van der Waals surface area (Å²) >= 11 is 7.34. The van der Waals surface area contributed by atoms with Crippen LogP contribution in [0.1, 0.15) is 35.3 Å². The van der Waals surface area contributed by atoms with E-state index in [9.17, 15) is 18.5 Å². The topological polar surface area (TPSA) is 90.3 Å². The van der Waals surface area contributed by atoms with Crippen molar-refractivity contribution in [2.45, 2.75) is 37.0 Å². The highest BCUT2D eigenvalue weighted by Crippen LogP contribution is 2.39. The third kappa shape index (κ3) is 3.92. The van der Waals surface area contributed by atoms with Crippen molar-refractivity contribution in [3.8, 4) is 6.07 Å². The van der Waals surface area contributed by atoms with E-state index in [0.717, 1.165) is 24.8 Å². The monoisotopic (exact) mass is 449 g/mol. The largest absolute Gasteiger partial charge is 0.316 e. The van der Waals surface area contributed by atoms with E-state index in [1.165, 1.54) is 32.7 Å². The van der Waals surface area contributed by atoms with Crippen molar-refractivity contribution in [3.05, 3.63) is 45.3 Å². The van der Waals surface area contributed by atoms with E-state index in [4.69, 9.17) is 11.6 Å². The van der Waals surface area contributed by atoms with E-state index in [2.05, 4.69) is 11.4 Å². The first-order valence-corrected chi connectivity index (χ1v) is 12.1. The van der Waals surface area contributed by atoms with Gasteiger partial charge in [0.15, 0.2) is 0 Å². The number of nitriles is 1. The molecule has 1 fully saturated rings. The molecule has 2 aromatic rings. The van der Waals surface area contributed by atoms with Crippen LogP contribution in [0.3, 0.4) is 0 Å². The van der Waals surface area contributed by atoms with Gasteiger partial charge in [0.05, 0.1) is 10.5 Å². The Morgan fingerprint density at radius 3 is 2.55 bits per heavy atom. The number of halogens is 1. The Morgan fingerprint density at radius 2 is 1.90 bits per heavy atom. The predicted octanol–water partition coefficient (Wildman–Crippen LogP) is 3.80. The molecule has 4 rings (SSSR count). The summed E-state index contributed by atoms with van der Waals surface area (Å²) in [5, 5.41) is 13.5. The molecule has 1 N–H and O–H groups in total. The number of nitrogens with one attached hydrogen (secondary N) is 1. The Labute approximate surface area is 179 Å². The minimum atomic E-state index is -3.59. The standard InChI is InChI=1S/C20H20ClN3O3S2/c21-14-4-6-15(7-5-14)29(26,27)24-10-8-13(9-11-24)19(25)23-20-17(12-22)16-2-1-3-18(16)28-20/h4-7,13H,1-3,8-11H2,(H,23,25). The molecule has 0 atom stereocenters. The van der Waals surface area contributed by atoms with Gasteiger partial charge in [-0.15, -0.1) is 11.3 Å². The summed E-state index contributed by atoms with van der Waals surface area (Å²) in [6, 6.07) is 8.33. The smallest absolute Gasteiger partial charge is 0.243 e. The number of sulfonamides is 1. The van der Waals surface area contributed by atoms with Crippen LogP contribution in [0, 0.1) is 17.2 Å². The second-order valence-electron chi connectivity index (χ2n) is 7.29. The van der Waals surface area contributed by atoms with Gasteiger partial charge in [0, 0.05) is 28.9 Å². The highest BCUT2D eigenvalue weighted by atomic mass is 35.5. The number of anilines is 1. The van der Waals surface area contributed by atoms with Crippen molar-refractivity contribution in [1.82, 2.24) is 4.31 Å². The molecule has 0 bridgehead atoms. The SMILES string of the molecule is N#Cc1c(NC(=O)C2CCN(S(=O)(=O)c3ccc(Cl)cc3)CC2)sc2c1CCC2. The quantitative estimate of drug-likeness (QED) is 0.768. The number of benzene rings is 1. The van der Waals surface area contributed by atoms with E-state index < -0.39 is 10.0 Å². The van der Waals surface area contributed by atoms with Gasteiger partial charge in [0.25, 0.3) is 0 Å². The first-order chi connectivity index (χ1) is 13.9. The maximum Gasteiger partial charge on any atom is 0.243 e. The number of carbonyl (C=O) groups excluding carboxylic acids is 1. The molecule has 1 aromatic carbocycles. The summed E-state index contributed by atoms with van der Waals surface area (Å²) in [4.78, 5) is 14.1. The lowest BCUT2D eigenvalue weighted by Crippen LogP contribution is -2.41. The van der Waals surface area contributed by atoms with Crippen LogP contribution in [0.4, 0.5) is 5.00 Å². The van der Waals surface area contributed by atoms with E-state index in [1.54, 1.807) is 12.1 Å². The third-order valence-corrected chi connectivity index (χ3v) is 8.92. The zero-order valence-corrected chi connectivity index (χ0v) is 18.0. The Kier molecular flexibility index (Phi) is 5.67. The van der Waals surface area contributed by atoms with Gasteiger partial charge >= 0.3 is 0 Å². The Morgan fingerprint density at radius 1 is 1.21 bits per heavy atom.